The van der Waals surface area contributed by atoms with E-state index < -0.39 is 11.7 Å². The summed E-state index contributed by atoms with van der Waals surface area (Å²) in [5.41, 5.74) is 1.35. The van der Waals surface area contributed by atoms with Crippen molar-refractivity contribution in [1.82, 2.24) is 9.66 Å². The van der Waals surface area contributed by atoms with Crippen LogP contribution in [0.15, 0.2) is 108 Å². The maximum atomic E-state index is 13.9. The molecular weight excluding hydrogens is 699 g/mol. The Bertz CT molecular complexity index is 2140. The van der Waals surface area contributed by atoms with Gasteiger partial charge in [-0.25, -0.2) is 9.37 Å². The van der Waals surface area contributed by atoms with Crippen LogP contribution in [0.4, 0.5) is 10.1 Å². The summed E-state index contributed by atoms with van der Waals surface area (Å²) in [5.74, 6) is 0.0577. The predicted molar refractivity (Wildman–Crippen MR) is 173 cm³/mol. The van der Waals surface area contributed by atoms with Crippen molar-refractivity contribution in [1.29, 1.82) is 0 Å². The number of benzene rings is 4. The highest BCUT2D eigenvalue weighted by molar-refractivity contribution is 9.10. The Balaban J connectivity index is 1.32. The highest BCUT2D eigenvalue weighted by Crippen LogP contribution is 2.33. The molecule has 0 aliphatic rings. The molecule has 0 aliphatic carbocycles. The lowest BCUT2D eigenvalue weighted by Gasteiger charge is -2.13. The molecule has 0 unspecified atom stereocenters. The highest BCUT2D eigenvalue weighted by Gasteiger charge is 2.18. The molecule has 1 amide bonds. The maximum Gasteiger partial charge on any atom is 0.282 e. The van der Waals surface area contributed by atoms with Crippen molar-refractivity contribution in [2.24, 2.45) is 5.10 Å². The number of nitrogens with one attached hydrogen (secondary N) is 1. The summed E-state index contributed by atoms with van der Waals surface area (Å²) in [6.45, 7) is -0.389. The fourth-order valence-corrected chi connectivity index (χ4v) is 5.25. The maximum absolute atomic E-state index is 13.9. The number of carbonyl (C=O) groups is 1. The average molecular weight is 720 g/mol. The van der Waals surface area contributed by atoms with Gasteiger partial charge in [-0.15, -0.1) is 0 Å². The van der Waals surface area contributed by atoms with Crippen LogP contribution in [0.2, 0.25) is 0 Å². The first-order valence-electron chi connectivity index (χ1n) is 13.1. The number of hydrogen-bond acceptors (Lipinski definition) is 7. The van der Waals surface area contributed by atoms with E-state index in [1.165, 1.54) is 36.2 Å². The highest BCUT2D eigenvalue weighted by atomic mass is 79.9. The van der Waals surface area contributed by atoms with Crippen LogP contribution in [-0.2, 0) is 4.79 Å². The number of ether oxygens (including phenoxy) is 2. The number of fused-ring (bicyclic) bond motifs is 2. The van der Waals surface area contributed by atoms with Crippen LogP contribution in [0.3, 0.4) is 0 Å². The number of hydrogen-bond donors (Lipinski definition) is 1. The lowest BCUT2D eigenvalue weighted by atomic mass is 10.2. The molecule has 0 atom stereocenters. The van der Waals surface area contributed by atoms with Crippen LogP contribution < -0.4 is 20.3 Å². The molecule has 9 nitrogen and oxygen atoms in total. The molecule has 12 heteroatoms. The van der Waals surface area contributed by atoms with Gasteiger partial charge in [0.2, 0.25) is 5.82 Å². The molecule has 0 saturated carbocycles. The second kappa shape index (κ2) is 12.4. The standard InChI is InChI=1S/C32H21Br2FN4O5/c1-42-27-14-19(22(34)15-28(27)43-17-30(40)37-25-9-5-3-7-23(25)35)16-36-39-31(38-24-8-4-2-6-21(24)32(39)41)29-13-18-12-20(33)10-11-26(18)44-29/h2-16H,17H2,1H3,(H,37,40). The van der Waals surface area contributed by atoms with E-state index in [1.54, 1.807) is 48.5 Å². The first-order chi connectivity index (χ1) is 21.3. The molecule has 0 saturated heterocycles. The van der Waals surface area contributed by atoms with Crippen molar-refractivity contribution in [3.63, 3.8) is 0 Å². The van der Waals surface area contributed by atoms with Gasteiger partial charge in [-0.2, -0.15) is 9.78 Å². The molecule has 6 rings (SSSR count). The van der Waals surface area contributed by atoms with Gasteiger partial charge >= 0.3 is 0 Å². The minimum Gasteiger partial charge on any atom is -0.493 e. The zero-order valence-electron chi connectivity index (χ0n) is 22.9. The van der Waals surface area contributed by atoms with Gasteiger partial charge < -0.3 is 19.2 Å². The summed E-state index contributed by atoms with van der Waals surface area (Å²) >= 11 is 6.97. The summed E-state index contributed by atoms with van der Waals surface area (Å²) in [6.07, 6.45) is 1.47. The molecule has 0 bridgehead atoms. The van der Waals surface area contributed by atoms with Crippen molar-refractivity contribution < 1.29 is 23.1 Å². The van der Waals surface area contributed by atoms with Gasteiger partial charge in [-0.1, -0.05) is 40.2 Å². The van der Waals surface area contributed by atoms with E-state index in [-0.39, 0.29) is 29.4 Å². The van der Waals surface area contributed by atoms with Crippen LogP contribution in [0, 0.1) is 5.82 Å². The Labute approximate surface area is 266 Å². The molecule has 44 heavy (non-hydrogen) atoms. The predicted octanol–water partition coefficient (Wildman–Crippen LogP) is 7.38. The molecule has 2 aromatic heterocycles. The van der Waals surface area contributed by atoms with Crippen LogP contribution in [0.5, 0.6) is 11.5 Å². The van der Waals surface area contributed by atoms with E-state index in [0.29, 0.717) is 38.0 Å². The summed E-state index contributed by atoms with van der Waals surface area (Å²) in [6, 6.07) is 23.5. The molecule has 0 aliphatic heterocycles. The van der Waals surface area contributed by atoms with E-state index in [4.69, 9.17) is 18.9 Å². The van der Waals surface area contributed by atoms with Crippen molar-refractivity contribution >= 4 is 71.5 Å². The number of nitrogens with zero attached hydrogens (tertiary/aromatic N) is 3. The third kappa shape index (κ3) is 5.99. The molecule has 2 heterocycles. The van der Waals surface area contributed by atoms with Crippen LogP contribution >= 0.6 is 31.9 Å². The molecule has 1 N–H and O–H groups in total. The first kappa shape index (κ1) is 29.3. The van der Waals surface area contributed by atoms with Crippen molar-refractivity contribution in [3.8, 4) is 23.1 Å². The number of furan rings is 1. The third-order valence-corrected chi connectivity index (χ3v) is 7.73. The summed E-state index contributed by atoms with van der Waals surface area (Å²) in [4.78, 5) is 30.7. The molecule has 0 fully saturated rings. The number of methoxy groups -OCH3 is 1. The topological polar surface area (TPSA) is 108 Å². The van der Waals surface area contributed by atoms with Crippen molar-refractivity contribution in [2.75, 3.05) is 19.0 Å². The van der Waals surface area contributed by atoms with Gasteiger partial charge in [0.15, 0.2) is 23.9 Å². The SMILES string of the molecule is COc1cc(C=Nn2c(-c3cc4cc(Br)ccc4o3)nc3ccccc3c2=O)c(Br)cc1OCC(=O)Nc1ccccc1F. The fraction of sp³-hybridized carbons (Fsp3) is 0.0625. The van der Waals surface area contributed by atoms with Crippen LogP contribution in [0.1, 0.15) is 5.56 Å². The van der Waals surface area contributed by atoms with Crippen LogP contribution in [0.25, 0.3) is 33.5 Å². The third-order valence-electron chi connectivity index (χ3n) is 6.55. The second-order valence-electron chi connectivity index (χ2n) is 9.45. The summed E-state index contributed by atoms with van der Waals surface area (Å²) in [5, 5.41) is 8.20. The lowest BCUT2D eigenvalue weighted by molar-refractivity contribution is -0.118. The van der Waals surface area contributed by atoms with E-state index in [2.05, 4.69) is 42.3 Å². The van der Waals surface area contributed by atoms with Gasteiger partial charge in [0.1, 0.15) is 11.4 Å². The van der Waals surface area contributed by atoms with E-state index in [9.17, 15) is 14.0 Å². The van der Waals surface area contributed by atoms with Gasteiger partial charge in [-0.05, 0) is 76.6 Å². The molecule has 220 valence electrons. The monoisotopic (exact) mass is 718 g/mol. The summed E-state index contributed by atoms with van der Waals surface area (Å²) in [7, 11) is 1.45. The Kier molecular flexibility index (Phi) is 8.27. The number of halogens is 3. The zero-order chi connectivity index (χ0) is 30.8. The largest absolute Gasteiger partial charge is 0.493 e. The van der Waals surface area contributed by atoms with E-state index in [0.717, 1.165) is 9.86 Å². The number of aromatic nitrogens is 2. The van der Waals surface area contributed by atoms with Crippen LogP contribution in [-0.4, -0.2) is 35.5 Å². The molecular formula is C32H21Br2FN4O5. The number of anilines is 1. The Morgan fingerprint density at radius 1 is 1.05 bits per heavy atom. The first-order valence-corrected chi connectivity index (χ1v) is 14.7. The number of amides is 1. The van der Waals surface area contributed by atoms with Gasteiger partial charge in [0, 0.05) is 19.9 Å². The second-order valence-corrected chi connectivity index (χ2v) is 11.2. The Morgan fingerprint density at radius 3 is 2.66 bits per heavy atom. The number of carbonyl (C=O) groups excluding carboxylic acids is 1. The average Bonchev–Trinajstić information content (AvgIpc) is 3.44. The van der Waals surface area contributed by atoms with Crippen molar-refractivity contribution in [3.05, 3.63) is 116 Å². The van der Waals surface area contributed by atoms with E-state index in [1.807, 2.05) is 18.2 Å². The van der Waals surface area contributed by atoms with Gasteiger partial charge in [-0.3, -0.25) is 9.59 Å². The summed E-state index contributed by atoms with van der Waals surface area (Å²) < 4.78 is 33.7. The molecule has 0 radical (unpaired) electrons. The Hall–Kier alpha value is -4.81. The smallest absolute Gasteiger partial charge is 0.282 e. The van der Waals surface area contributed by atoms with E-state index >= 15 is 0 Å². The molecule has 4 aromatic carbocycles. The number of para-hydroxylation sites is 2. The molecule has 0 spiro atoms. The van der Waals surface area contributed by atoms with Crippen molar-refractivity contribution in [2.45, 2.75) is 0 Å². The number of rotatable bonds is 8. The zero-order valence-corrected chi connectivity index (χ0v) is 26.1. The fourth-order valence-electron chi connectivity index (χ4n) is 4.45. The van der Waals surface area contributed by atoms with Gasteiger partial charge in [0.05, 0.1) is 29.9 Å². The lowest BCUT2D eigenvalue weighted by Crippen LogP contribution is -2.21. The Morgan fingerprint density at radius 2 is 1.84 bits per heavy atom. The quantitative estimate of drug-likeness (QED) is 0.165. The minimum atomic E-state index is -0.554. The normalized spacial score (nSPS) is 11.4. The molecule has 6 aromatic rings. The van der Waals surface area contributed by atoms with Gasteiger partial charge in [0.25, 0.3) is 11.5 Å². The minimum absolute atomic E-state index is 0.0501.